The van der Waals surface area contributed by atoms with Gasteiger partial charge >= 0.3 is 0 Å². The van der Waals surface area contributed by atoms with Gasteiger partial charge < -0.3 is 10.1 Å². The third kappa shape index (κ3) is 3.80. The van der Waals surface area contributed by atoms with Crippen molar-refractivity contribution in [1.29, 1.82) is 0 Å². The predicted octanol–water partition coefficient (Wildman–Crippen LogP) is 4.34. The van der Waals surface area contributed by atoms with E-state index in [1.54, 1.807) is 12.1 Å². The molecule has 5 heteroatoms. The molecule has 1 aliphatic rings. The molecular weight excluding hydrogens is 335 g/mol. The standard InChI is InChI=1S/C16H16BrFN2O/c1-10-6-16(11(8-19-10)9-20-12-2-3-12)21-13-4-5-15(18)14(17)7-13/h4-8,12,20H,2-3,9H2,1H3. The second kappa shape index (κ2) is 6.12. The number of hydrogen-bond acceptors (Lipinski definition) is 3. The molecule has 2 aromatic rings. The summed E-state index contributed by atoms with van der Waals surface area (Å²) in [5, 5.41) is 3.45. The van der Waals surface area contributed by atoms with Crippen LogP contribution in [-0.4, -0.2) is 11.0 Å². The average molecular weight is 351 g/mol. The van der Waals surface area contributed by atoms with Crippen molar-refractivity contribution in [1.82, 2.24) is 10.3 Å². The molecule has 0 atom stereocenters. The minimum absolute atomic E-state index is 0.302. The monoisotopic (exact) mass is 350 g/mol. The van der Waals surface area contributed by atoms with Gasteiger partial charge in [-0.3, -0.25) is 4.98 Å². The van der Waals surface area contributed by atoms with Crippen molar-refractivity contribution in [3.8, 4) is 11.5 Å². The molecule has 0 amide bonds. The van der Waals surface area contributed by atoms with E-state index in [-0.39, 0.29) is 5.82 Å². The number of benzene rings is 1. The SMILES string of the molecule is Cc1cc(Oc2ccc(F)c(Br)c2)c(CNC2CC2)cn1. The van der Waals surface area contributed by atoms with Gasteiger partial charge in [-0.1, -0.05) is 0 Å². The van der Waals surface area contributed by atoms with E-state index in [0.717, 1.165) is 23.6 Å². The lowest BCUT2D eigenvalue weighted by atomic mass is 10.2. The van der Waals surface area contributed by atoms with Crippen LogP contribution in [-0.2, 0) is 6.54 Å². The first-order valence-corrected chi connectivity index (χ1v) is 7.73. The Kier molecular flexibility index (Phi) is 4.22. The van der Waals surface area contributed by atoms with E-state index in [1.807, 2.05) is 19.2 Å². The second-order valence-corrected chi connectivity index (χ2v) is 6.12. The Morgan fingerprint density at radius 2 is 2.19 bits per heavy atom. The van der Waals surface area contributed by atoms with E-state index in [2.05, 4.69) is 26.2 Å². The van der Waals surface area contributed by atoms with Gasteiger partial charge in [0, 0.05) is 36.1 Å². The molecule has 110 valence electrons. The van der Waals surface area contributed by atoms with Crippen molar-refractivity contribution < 1.29 is 9.13 Å². The molecular formula is C16H16BrFN2O. The largest absolute Gasteiger partial charge is 0.457 e. The Balaban J connectivity index is 1.81. The molecule has 0 radical (unpaired) electrons. The molecule has 1 N–H and O–H groups in total. The number of nitrogens with one attached hydrogen (secondary N) is 1. The minimum atomic E-state index is -0.302. The van der Waals surface area contributed by atoms with Crippen LogP contribution in [0.25, 0.3) is 0 Å². The summed E-state index contributed by atoms with van der Waals surface area (Å²) >= 11 is 3.17. The summed E-state index contributed by atoms with van der Waals surface area (Å²) in [6.45, 7) is 2.65. The third-order valence-corrected chi connectivity index (χ3v) is 3.97. The zero-order valence-corrected chi connectivity index (χ0v) is 13.3. The van der Waals surface area contributed by atoms with Crippen molar-refractivity contribution in [3.63, 3.8) is 0 Å². The normalized spacial score (nSPS) is 14.2. The molecule has 1 aliphatic carbocycles. The third-order valence-electron chi connectivity index (χ3n) is 3.36. The van der Waals surface area contributed by atoms with Gasteiger partial charge in [0.2, 0.25) is 0 Å². The number of aryl methyl sites for hydroxylation is 1. The van der Waals surface area contributed by atoms with Crippen LogP contribution in [0.5, 0.6) is 11.5 Å². The summed E-state index contributed by atoms with van der Waals surface area (Å²) in [6.07, 6.45) is 4.30. The summed E-state index contributed by atoms with van der Waals surface area (Å²) in [4.78, 5) is 4.32. The molecule has 21 heavy (non-hydrogen) atoms. The van der Waals surface area contributed by atoms with Crippen LogP contribution in [0.15, 0.2) is 34.9 Å². The number of rotatable bonds is 5. The predicted molar refractivity (Wildman–Crippen MR) is 83.0 cm³/mol. The molecule has 0 unspecified atom stereocenters. The average Bonchev–Trinajstić information content (AvgIpc) is 3.26. The second-order valence-electron chi connectivity index (χ2n) is 5.27. The van der Waals surface area contributed by atoms with E-state index in [9.17, 15) is 4.39 Å². The van der Waals surface area contributed by atoms with Crippen molar-refractivity contribution >= 4 is 15.9 Å². The number of aromatic nitrogens is 1. The van der Waals surface area contributed by atoms with Crippen LogP contribution in [0, 0.1) is 12.7 Å². The summed E-state index contributed by atoms with van der Waals surface area (Å²) in [6, 6.07) is 7.16. The quantitative estimate of drug-likeness (QED) is 0.870. The van der Waals surface area contributed by atoms with Gasteiger partial charge in [0.05, 0.1) is 4.47 Å². The number of ether oxygens (including phenoxy) is 1. The molecule has 1 saturated carbocycles. The fourth-order valence-electron chi connectivity index (χ4n) is 2.00. The number of hydrogen-bond donors (Lipinski definition) is 1. The Morgan fingerprint density at radius 1 is 1.38 bits per heavy atom. The number of nitrogens with zero attached hydrogens (tertiary/aromatic N) is 1. The van der Waals surface area contributed by atoms with Gasteiger partial charge in [0.25, 0.3) is 0 Å². The lowest BCUT2D eigenvalue weighted by molar-refractivity contribution is 0.468. The first kappa shape index (κ1) is 14.5. The molecule has 0 aliphatic heterocycles. The lowest BCUT2D eigenvalue weighted by Gasteiger charge is -2.12. The van der Waals surface area contributed by atoms with E-state index in [0.29, 0.717) is 16.3 Å². The van der Waals surface area contributed by atoms with Gasteiger partial charge in [-0.15, -0.1) is 0 Å². The lowest BCUT2D eigenvalue weighted by Crippen LogP contribution is -2.16. The smallest absolute Gasteiger partial charge is 0.137 e. The van der Waals surface area contributed by atoms with Gasteiger partial charge in [-0.2, -0.15) is 0 Å². The number of pyridine rings is 1. The maximum absolute atomic E-state index is 13.3. The van der Waals surface area contributed by atoms with Gasteiger partial charge in [0.15, 0.2) is 0 Å². The van der Waals surface area contributed by atoms with Crippen LogP contribution in [0.1, 0.15) is 24.1 Å². The summed E-state index contributed by atoms with van der Waals surface area (Å²) < 4.78 is 19.6. The van der Waals surface area contributed by atoms with Crippen LogP contribution < -0.4 is 10.1 Å². The number of halogens is 2. The molecule has 1 fully saturated rings. The fraction of sp³-hybridized carbons (Fsp3) is 0.312. The molecule has 0 bridgehead atoms. The zero-order valence-electron chi connectivity index (χ0n) is 11.7. The highest BCUT2D eigenvalue weighted by Crippen LogP contribution is 2.29. The Morgan fingerprint density at radius 3 is 2.90 bits per heavy atom. The first-order chi connectivity index (χ1) is 10.1. The van der Waals surface area contributed by atoms with E-state index in [1.165, 1.54) is 18.9 Å². The highest BCUT2D eigenvalue weighted by Gasteiger charge is 2.21. The van der Waals surface area contributed by atoms with Crippen LogP contribution in [0.4, 0.5) is 4.39 Å². The Labute approximate surface area is 131 Å². The van der Waals surface area contributed by atoms with Gasteiger partial charge in [-0.05, 0) is 53.9 Å². The van der Waals surface area contributed by atoms with Gasteiger partial charge in [0.1, 0.15) is 17.3 Å². The fourth-order valence-corrected chi connectivity index (χ4v) is 2.36. The van der Waals surface area contributed by atoms with E-state index >= 15 is 0 Å². The maximum Gasteiger partial charge on any atom is 0.137 e. The Hall–Kier alpha value is -1.46. The maximum atomic E-state index is 13.3. The van der Waals surface area contributed by atoms with E-state index < -0.39 is 0 Å². The van der Waals surface area contributed by atoms with E-state index in [4.69, 9.17) is 4.74 Å². The topological polar surface area (TPSA) is 34.1 Å². The molecule has 0 saturated heterocycles. The molecule has 1 aromatic carbocycles. The summed E-state index contributed by atoms with van der Waals surface area (Å²) in [5.41, 5.74) is 1.90. The van der Waals surface area contributed by atoms with Crippen LogP contribution >= 0.6 is 15.9 Å². The van der Waals surface area contributed by atoms with Gasteiger partial charge in [-0.25, -0.2) is 4.39 Å². The molecule has 1 heterocycles. The zero-order chi connectivity index (χ0) is 14.8. The van der Waals surface area contributed by atoms with Crippen molar-refractivity contribution in [2.24, 2.45) is 0 Å². The van der Waals surface area contributed by atoms with Crippen molar-refractivity contribution in [2.45, 2.75) is 32.4 Å². The van der Waals surface area contributed by atoms with Crippen LogP contribution in [0.2, 0.25) is 0 Å². The summed E-state index contributed by atoms with van der Waals surface area (Å²) in [5.74, 6) is 1.06. The van der Waals surface area contributed by atoms with Crippen molar-refractivity contribution in [3.05, 3.63) is 52.0 Å². The molecule has 3 nitrogen and oxygen atoms in total. The molecule has 0 spiro atoms. The Bertz CT molecular complexity index is 659. The van der Waals surface area contributed by atoms with Crippen molar-refractivity contribution in [2.75, 3.05) is 0 Å². The molecule has 3 rings (SSSR count). The minimum Gasteiger partial charge on any atom is -0.457 e. The highest BCUT2D eigenvalue weighted by molar-refractivity contribution is 9.10. The molecule has 1 aromatic heterocycles. The van der Waals surface area contributed by atoms with Crippen LogP contribution in [0.3, 0.4) is 0 Å². The first-order valence-electron chi connectivity index (χ1n) is 6.93. The highest BCUT2D eigenvalue weighted by atomic mass is 79.9. The summed E-state index contributed by atoms with van der Waals surface area (Å²) in [7, 11) is 0.